The number of hydrogen-bond acceptors (Lipinski definition) is 6. The van der Waals surface area contributed by atoms with E-state index in [-0.39, 0.29) is 0 Å². The number of aryl methyl sites for hydroxylation is 2. The van der Waals surface area contributed by atoms with Gasteiger partial charge in [-0.15, -0.1) is 0 Å². The lowest BCUT2D eigenvalue weighted by Crippen LogP contribution is -1.89. The highest BCUT2D eigenvalue weighted by Crippen LogP contribution is 2.35. The molecule has 1 aromatic carbocycles. The number of rotatable bonds is 3. The number of nitrogens with one attached hydrogen (secondary N) is 1. The van der Waals surface area contributed by atoms with Gasteiger partial charge in [-0.05, 0) is 43.1 Å². The molecule has 21 heavy (non-hydrogen) atoms. The topological polar surface area (TPSA) is 63.8 Å². The van der Waals surface area contributed by atoms with Crippen LogP contribution in [0.4, 0.5) is 5.00 Å². The van der Waals surface area contributed by atoms with E-state index in [1.807, 2.05) is 39.1 Å². The molecule has 7 heteroatoms. The molecule has 0 aliphatic rings. The predicted octanol–water partition coefficient (Wildman–Crippen LogP) is 4.28. The van der Waals surface area contributed by atoms with Crippen molar-refractivity contribution in [2.75, 3.05) is 12.4 Å². The first-order valence-corrected chi connectivity index (χ1v) is 7.91. The quantitative estimate of drug-likeness (QED) is 0.751. The van der Waals surface area contributed by atoms with Crippen LogP contribution in [0, 0.1) is 13.8 Å². The van der Waals surface area contributed by atoms with Crippen molar-refractivity contribution in [1.82, 2.24) is 14.5 Å². The number of halogens is 1. The van der Waals surface area contributed by atoms with Crippen LogP contribution in [0.1, 0.15) is 11.3 Å². The average Bonchev–Trinajstić information content (AvgIpc) is 3.05. The van der Waals surface area contributed by atoms with Crippen molar-refractivity contribution in [3.63, 3.8) is 0 Å². The van der Waals surface area contributed by atoms with E-state index in [0.29, 0.717) is 11.7 Å². The summed E-state index contributed by atoms with van der Waals surface area (Å²) in [6.07, 6.45) is 0. The van der Waals surface area contributed by atoms with Crippen LogP contribution in [-0.4, -0.2) is 21.6 Å². The Hall–Kier alpha value is -1.73. The zero-order valence-corrected chi connectivity index (χ0v) is 14.2. The number of nitrogens with zero attached hydrogens (tertiary/aromatic N) is 3. The Morgan fingerprint density at radius 2 is 2.10 bits per heavy atom. The molecule has 3 aromatic rings. The first-order chi connectivity index (χ1) is 10.1. The monoisotopic (exact) mass is 364 g/mol. The lowest BCUT2D eigenvalue weighted by molar-refractivity contribution is 0.432. The van der Waals surface area contributed by atoms with E-state index >= 15 is 0 Å². The lowest BCUT2D eigenvalue weighted by Gasteiger charge is -2.00. The minimum atomic E-state index is 0.480. The molecule has 0 spiro atoms. The Balaban J connectivity index is 2.06. The largest absolute Gasteiger partial charge is 0.378 e. The first-order valence-electron chi connectivity index (χ1n) is 6.34. The molecule has 3 rings (SSSR count). The molecule has 0 unspecified atom stereocenters. The summed E-state index contributed by atoms with van der Waals surface area (Å²) >= 11 is 4.92. The third-order valence-electron chi connectivity index (χ3n) is 3.10. The van der Waals surface area contributed by atoms with Crippen LogP contribution in [0.5, 0.6) is 0 Å². The second-order valence-corrected chi connectivity index (χ2v) is 6.26. The van der Waals surface area contributed by atoms with E-state index in [2.05, 4.69) is 35.8 Å². The Bertz CT molecular complexity index is 796. The molecule has 0 radical (unpaired) electrons. The van der Waals surface area contributed by atoms with E-state index < -0.39 is 0 Å². The summed E-state index contributed by atoms with van der Waals surface area (Å²) in [5.74, 6) is 1.04. The van der Waals surface area contributed by atoms with Gasteiger partial charge in [0.05, 0.1) is 11.3 Å². The predicted molar refractivity (Wildman–Crippen MR) is 87.6 cm³/mol. The van der Waals surface area contributed by atoms with E-state index in [1.165, 1.54) is 17.1 Å². The maximum Gasteiger partial charge on any atom is 0.263 e. The van der Waals surface area contributed by atoms with Crippen LogP contribution in [0.15, 0.2) is 27.2 Å². The Labute approximate surface area is 134 Å². The van der Waals surface area contributed by atoms with Gasteiger partial charge in [-0.1, -0.05) is 27.2 Å². The molecular weight excluding hydrogens is 352 g/mol. The highest BCUT2D eigenvalue weighted by atomic mass is 79.9. The fraction of sp³-hybridized carbons (Fsp3) is 0.214. The van der Waals surface area contributed by atoms with Gasteiger partial charge in [-0.25, -0.2) is 0 Å². The minimum absolute atomic E-state index is 0.480. The molecule has 2 aromatic heterocycles. The normalized spacial score (nSPS) is 10.9. The summed E-state index contributed by atoms with van der Waals surface area (Å²) in [6.45, 7) is 3.97. The third-order valence-corrected chi connectivity index (χ3v) is 4.71. The molecular formula is C14H13BrN4OS. The summed E-state index contributed by atoms with van der Waals surface area (Å²) in [5, 5.41) is 8.11. The van der Waals surface area contributed by atoms with Crippen LogP contribution in [0.2, 0.25) is 0 Å². The Morgan fingerprint density at radius 1 is 1.29 bits per heavy atom. The van der Waals surface area contributed by atoms with Crippen LogP contribution in [0.3, 0.4) is 0 Å². The van der Waals surface area contributed by atoms with Crippen LogP contribution in [0.25, 0.3) is 22.8 Å². The number of hydrogen-bond donors (Lipinski definition) is 1. The maximum atomic E-state index is 5.42. The van der Waals surface area contributed by atoms with Crippen molar-refractivity contribution < 1.29 is 4.52 Å². The summed E-state index contributed by atoms with van der Waals surface area (Å²) < 4.78 is 10.7. The van der Waals surface area contributed by atoms with Gasteiger partial charge in [-0.2, -0.15) is 9.36 Å². The van der Waals surface area contributed by atoms with Crippen molar-refractivity contribution in [3.8, 4) is 22.8 Å². The average molecular weight is 365 g/mol. The first kappa shape index (κ1) is 14.2. The molecule has 0 fully saturated rings. The molecule has 0 bridgehead atoms. The Kier molecular flexibility index (Phi) is 3.77. The molecule has 108 valence electrons. The van der Waals surface area contributed by atoms with Gasteiger partial charge in [0, 0.05) is 17.1 Å². The molecule has 5 nitrogen and oxygen atoms in total. The zero-order chi connectivity index (χ0) is 15.0. The van der Waals surface area contributed by atoms with Gasteiger partial charge in [0.25, 0.3) is 5.89 Å². The number of anilines is 1. The highest BCUT2D eigenvalue weighted by Gasteiger charge is 2.19. The van der Waals surface area contributed by atoms with E-state index in [1.54, 1.807) is 0 Å². The van der Waals surface area contributed by atoms with Crippen molar-refractivity contribution in [3.05, 3.63) is 33.9 Å². The molecule has 0 aliphatic heterocycles. The third kappa shape index (κ3) is 2.58. The molecule has 0 saturated heterocycles. The van der Waals surface area contributed by atoms with Crippen LogP contribution in [-0.2, 0) is 0 Å². The summed E-state index contributed by atoms with van der Waals surface area (Å²) in [5.41, 5.74) is 3.82. The van der Waals surface area contributed by atoms with Crippen LogP contribution < -0.4 is 5.32 Å². The van der Waals surface area contributed by atoms with Gasteiger partial charge in [0.2, 0.25) is 5.82 Å². The Morgan fingerprint density at radius 3 is 2.81 bits per heavy atom. The van der Waals surface area contributed by atoms with Gasteiger partial charge < -0.3 is 9.84 Å². The maximum absolute atomic E-state index is 5.42. The van der Waals surface area contributed by atoms with Gasteiger partial charge in [0.15, 0.2) is 0 Å². The molecule has 0 saturated carbocycles. The van der Waals surface area contributed by atoms with Crippen molar-refractivity contribution >= 4 is 32.5 Å². The minimum Gasteiger partial charge on any atom is -0.378 e. The molecule has 2 heterocycles. The fourth-order valence-electron chi connectivity index (χ4n) is 2.03. The van der Waals surface area contributed by atoms with Gasteiger partial charge >= 0.3 is 0 Å². The number of benzene rings is 1. The van der Waals surface area contributed by atoms with Gasteiger partial charge in [-0.3, -0.25) is 0 Å². The van der Waals surface area contributed by atoms with E-state index in [0.717, 1.165) is 26.3 Å². The zero-order valence-electron chi connectivity index (χ0n) is 11.8. The molecule has 1 N–H and O–H groups in total. The molecule has 0 aliphatic carbocycles. The number of aromatic nitrogens is 3. The standard InChI is InChI=1S/C14H13BrN4OS/c1-7-4-5-9(10(15)6-7)12-17-13(20-18-12)11-8(2)19-21-14(11)16-3/h4-6,16H,1-3H3. The molecule has 0 amide bonds. The smallest absolute Gasteiger partial charge is 0.263 e. The van der Waals surface area contributed by atoms with Gasteiger partial charge in [0.1, 0.15) is 5.00 Å². The summed E-state index contributed by atoms with van der Waals surface area (Å²) in [7, 11) is 1.85. The van der Waals surface area contributed by atoms with Crippen molar-refractivity contribution in [2.24, 2.45) is 0 Å². The summed E-state index contributed by atoms with van der Waals surface area (Å²) in [4.78, 5) is 4.50. The van der Waals surface area contributed by atoms with E-state index in [4.69, 9.17) is 4.52 Å². The van der Waals surface area contributed by atoms with Crippen LogP contribution >= 0.6 is 27.5 Å². The second-order valence-electron chi connectivity index (χ2n) is 4.63. The fourth-order valence-corrected chi connectivity index (χ4v) is 3.44. The van der Waals surface area contributed by atoms with E-state index in [9.17, 15) is 0 Å². The molecule has 0 atom stereocenters. The summed E-state index contributed by atoms with van der Waals surface area (Å²) in [6, 6.07) is 6.03. The van der Waals surface area contributed by atoms with Crippen molar-refractivity contribution in [1.29, 1.82) is 0 Å². The highest BCUT2D eigenvalue weighted by molar-refractivity contribution is 9.10. The lowest BCUT2D eigenvalue weighted by atomic mass is 10.1. The SMILES string of the molecule is CNc1snc(C)c1-c1nc(-c2ccc(C)cc2Br)no1. The van der Waals surface area contributed by atoms with Crippen molar-refractivity contribution in [2.45, 2.75) is 13.8 Å². The second kappa shape index (κ2) is 5.57.